The molecule has 2 N–H and O–H groups in total. The summed E-state index contributed by atoms with van der Waals surface area (Å²) in [5, 5.41) is 6.64. The first-order valence-corrected chi connectivity index (χ1v) is 7.61. The van der Waals surface area contributed by atoms with Crippen molar-refractivity contribution in [3.63, 3.8) is 0 Å². The summed E-state index contributed by atoms with van der Waals surface area (Å²) in [7, 11) is 1.79. The molecule has 0 saturated heterocycles. The first kappa shape index (κ1) is 16.5. The first-order valence-electron chi connectivity index (χ1n) is 6.82. The molecule has 1 saturated carbocycles. The molecule has 0 bridgehead atoms. The van der Waals surface area contributed by atoms with Crippen LogP contribution >= 0.6 is 39.9 Å². The largest absolute Gasteiger partial charge is 0.356 e. The molecule has 0 aromatic carbocycles. The summed E-state index contributed by atoms with van der Waals surface area (Å²) in [6.07, 6.45) is 6.71. The van der Waals surface area contributed by atoms with Gasteiger partial charge in [0, 0.05) is 30.5 Å². The lowest BCUT2D eigenvalue weighted by atomic mass is 10.4. The standard InChI is InChI=1S/C14H18BrN5.HI/c1-16-14(17-6-10-2-3-10)18-7-12-9-20-8-11(15)4-5-13(20)19-12;/h4-5,8-10H,2-3,6-7H2,1H3,(H2,16,17,18);1H. The van der Waals surface area contributed by atoms with Crippen LogP contribution in [-0.4, -0.2) is 28.9 Å². The number of aromatic nitrogens is 2. The second-order valence-corrected chi connectivity index (χ2v) is 6.01. The molecule has 0 aliphatic heterocycles. The summed E-state index contributed by atoms with van der Waals surface area (Å²) >= 11 is 3.46. The molecule has 3 rings (SSSR count). The fraction of sp³-hybridized carbons (Fsp3) is 0.429. The van der Waals surface area contributed by atoms with Gasteiger partial charge in [0.25, 0.3) is 0 Å². The zero-order valence-corrected chi connectivity index (χ0v) is 15.8. The predicted molar refractivity (Wildman–Crippen MR) is 99.2 cm³/mol. The Morgan fingerprint density at radius 3 is 2.90 bits per heavy atom. The Bertz CT molecular complexity index is 635. The molecule has 0 amide bonds. The highest BCUT2D eigenvalue weighted by Gasteiger charge is 2.21. The molecule has 2 heterocycles. The fourth-order valence-electron chi connectivity index (χ4n) is 2.06. The predicted octanol–water partition coefficient (Wildman–Crippen LogP) is 2.79. The van der Waals surface area contributed by atoms with Gasteiger partial charge in [-0.1, -0.05) is 0 Å². The number of aliphatic imine (C=N–C) groups is 1. The summed E-state index contributed by atoms with van der Waals surface area (Å²) < 4.78 is 3.06. The van der Waals surface area contributed by atoms with Crippen molar-refractivity contribution in [3.05, 3.63) is 34.7 Å². The molecule has 114 valence electrons. The van der Waals surface area contributed by atoms with E-state index in [4.69, 9.17) is 0 Å². The second-order valence-electron chi connectivity index (χ2n) is 5.10. The summed E-state index contributed by atoms with van der Waals surface area (Å²) in [6.45, 7) is 1.68. The maximum Gasteiger partial charge on any atom is 0.191 e. The van der Waals surface area contributed by atoms with E-state index in [-0.39, 0.29) is 24.0 Å². The van der Waals surface area contributed by atoms with Gasteiger partial charge < -0.3 is 15.0 Å². The van der Waals surface area contributed by atoms with Gasteiger partial charge in [-0.2, -0.15) is 0 Å². The Balaban J connectivity index is 0.00000161. The molecule has 1 aliphatic rings. The monoisotopic (exact) mass is 463 g/mol. The minimum absolute atomic E-state index is 0. The average Bonchev–Trinajstić information content (AvgIpc) is 3.18. The van der Waals surface area contributed by atoms with E-state index < -0.39 is 0 Å². The van der Waals surface area contributed by atoms with E-state index in [0.717, 1.165) is 34.2 Å². The normalized spacial score (nSPS) is 14.9. The fourth-order valence-corrected chi connectivity index (χ4v) is 2.41. The maximum atomic E-state index is 4.56. The lowest BCUT2D eigenvalue weighted by molar-refractivity contribution is 0.734. The van der Waals surface area contributed by atoms with Gasteiger partial charge in [-0.25, -0.2) is 4.98 Å². The lowest BCUT2D eigenvalue weighted by Crippen LogP contribution is -2.37. The molecule has 21 heavy (non-hydrogen) atoms. The van der Waals surface area contributed by atoms with Crippen molar-refractivity contribution in [1.29, 1.82) is 0 Å². The van der Waals surface area contributed by atoms with Crippen LogP contribution in [0, 0.1) is 5.92 Å². The summed E-state index contributed by atoms with van der Waals surface area (Å²) in [4.78, 5) is 8.79. The molecule has 0 spiro atoms. The number of imidazole rings is 1. The highest BCUT2D eigenvalue weighted by molar-refractivity contribution is 14.0. The molecule has 1 fully saturated rings. The Kier molecular flexibility index (Phi) is 5.86. The van der Waals surface area contributed by atoms with Crippen LogP contribution in [-0.2, 0) is 6.54 Å². The van der Waals surface area contributed by atoms with Crippen molar-refractivity contribution in [2.45, 2.75) is 19.4 Å². The maximum absolute atomic E-state index is 4.56. The van der Waals surface area contributed by atoms with Crippen molar-refractivity contribution in [3.8, 4) is 0 Å². The molecular weight excluding hydrogens is 445 g/mol. The third-order valence-electron chi connectivity index (χ3n) is 3.38. The number of pyridine rings is 1. The van der Waals surface area contributed by atoms with Crippen molar-refractivity contribution in [2.24, 2.45) is 10.9 Å². The number of guanidine groups is 1. The van der Waals surface area contributed by atoms with E-state index in [2.05, 4.69) is 36.5 Å². The number of halogens is 2. The summed E-state index contributed by atoms with van der Waals surface area (Å²) in [5.41, 5.74) is 1.95. The zero-order valence-electron chi connectivity index (χ0n) is 11.8. The van der Waals surface area contributed by atoms with Crippen LogP contribution in [0.25, 0.3) is 5.65 Å². The molecule has 0 radical (unpaired) electrons. The van der Waals surface area contributed by atoms with Crippen LogP contribution in [0.1, 0.15) is 18.5 Å². The number of nitrogens with zero attached hydrogens (tertiary/aromatic N) is 3. The Morgan fingerprint density at radius 2 is 2.19 bits per heavy atom. The van der Waals surface area contributed by atoms with Crippen LogP contribution in [0.2, 0.25) is 0 Å². The van der Waals surface area contributed by atoms with Crippen LogP contribution in [0.5, 0.6) is 0 Å². The third kappa shape index (κ3) is 4.57. The van der Waals surface area contributed by atoms with Gasteiger partial charge in [0.15, 0.2) is 5.96 Å². The van der Waals surface area contributed by atoms with Crippen LogP contribution < -0.4 is 10.6 Å². The van der Waals surface area contributed by atoms with E-state index in [9.17, 15) is 0 Å². The second kappa shape index (κ2) is 7.44. The first-order chi connectivity index (χ1) is 9.74. The van der Waals surface area contributed by atoms with E-state index in [0.29, 0.717) is 6.54 Å². The average molecular weight is 464 g/mol. The number of hydrogen-bond acceptors (Lipinski definition) is 2. The Morgan fingerprint density at radius 1 is 1.38 bits per heavy atom. The quantitative estimate of drug-likeness (QED) is 0.416. The van der Waals surface area contributed by atoms with Crippen LogP contribution in [0.15, 0.2) is 34.0 Å². The van der Waals surface area contributed by atoms with Crippen molar-refractivity contribution in [2.75, 3.05) is 13.6 Å². The van der Waals surface area contributed by atoms with Crippen LogP contribution in [0.3, 0.4) is 0 Å². The Hall–Kier alpha value is -0.830. The van der Waals surface area contributed by atoms with Crippen molar-refractivity contribution in [1.82, 2.24) is 20.0 Å². The highest BCUT2D eigenvalue weighted by Crippen LogP contribution is 2.27. The molecule has 0 unspecified atom stereocenters. The minimum Gasteiger partial charge on any atom is -0.356 e. The number of fused-ring (bicyclic) bond motifs is 1. The molecule has 1 aliphatic carbocycles. The molecule has 7 heteroatoms. The van der Waals surface area contributed by atoms with Gasteiger partial charge in [-0.05, 0) is 46.8 Å². The zero-order chi connectivity index (χ0) is 13.9. The molecule has 2 aromatic rings. The lowest BCUT2D eigenvalue weighted by Gasteiger charge is -2.09. The summed E-state index contributed by atoms with van der Waals surface area (Å²) in [5.74, 6) is 1.68. The molecular formula is C14H19BrIN5. The van der Waals surface area contributed by atoms with Crippen LogP contribution in [0.4, 0.5) is 0 Å². The van der Waals surface area contributed by atoms with Crippen molar-refractivity contribution >= 4 is 51.5 Å². The number of rotatable bonds is 4. The SMILES string of the molecule is CN=C(NCc1cn2cc(Br)ccc2n1)NCC1CC1.I. The minimum atomic E-state index is 0. The smallest absolute Gasteiger partial charge is 0.191 e. The van der Waals surface area contributed by atoms with E-state index >= 15 is 0 Å². The van der Waals surface area contributed by atoms with Crippen molar-refractivity contribution < 1.29 is 0 Å². The Labute approximate surface area is 149 Å². The van der Waals surface area contributed by atoms with Gasteiger partial charge in [-0.15, -0.1) is 24.0 Å². The molecule has 0 atom stereocenters. The van der Waals surface area contributed by atoms with Gasteiger partial charge in [-0.3, -0.25) is 4.99 Å². The highest BCUT2D eigenvalue weighted by atomic mass is 127. The summed E-state index contributed by atoms with van der Waals surface area (Å²) in [6, 6.07) is 3.99. The van der Waals surface area contributed by atoms with E-state index in [1.54, 1.807) is 7.05 Å². The topological polar surface area (TPSA) is 53.7 Å². The molecule has 2 aromatic heterocycles. The van der Waals surface area contributed by atoms with Gasteiger partial charge in [0.2, 0.25) is 0 Å². The van der Waals surface area contributed by atoms with Gasteiger partial charge in [0.05, 0.1) is 12.2 Å². The van der Waals surface area contributed by atoms with Gasteiger partial charge in [0.1, 0.15) is 5.65 Å². The number of hydrogen-bond donors (Lipinski definition) is 2. The van der Waals surface area contributed by atoms with Gasteiger partial charge >= 0.3 is 0 Å². The molecule has 5 nitrogen and oxygen atoms in total. The van der Waals surface area contributed by atoms with E-state index in [1.165, 1.54) is 12.8 Å². The van der Waals surface area contributed by atoms with E-state index in [1.807, 2.05) is 28.9 Å². The number of nitrogens with one attached hydrogen (secondary N) is 2. The third-order valence-corrected chi connectivity index (χ3v) is 3.85.